The summed E-state index contributed by atoms with van der Waals surface area (Å²) in [5, 5.41) is 10.9. The number of aliphatic hydroxyl groups is 1. The number of hydrogen-bond acceptors (Lipinski definition) is 9. The van der Waals surface area contributed by atoms with E-state index in [1.807, 2.05) is 54.6 Å². The number of rotatable bonds is 16. The van der Waals surface area contributed by atoms with Gasteiger partial charge in [-0.3, -0.25) is 0 Å². The fraction of sp³-hybridized carbons (Fsp3) is 0.464. The van der Waals surface area contributed by atoms with Gasteiger partial charge in [0.2, 0.25) is 6.10 Å². The lowest BCUT2D eigenvalue weighted by Gasteiger charge is -2.30. The van der Waals surface area contributed by atoms with Crippen LogP contribution in [-0.4, -0.2) is 61.1 Å². The monoisotopic (exact) mass is 516 g/mol. The quantitative estimate of drug-likeness (QED) is 0.153. The van der Waals surface area contributed by atoms with Gasteiger partial charge in [0.1, 0.15) is 11.5 Å². The van der Waals surface area contributed by atoms with Gasteiger partial charge in [0.15, 0.2) is 0 Å². The highest BCUT2D eigenvalue weighted by atomic mass is 16.6. The minimum Gasteiger partial charge on any atom is -0.464 e. The van der Waals surface area contributed by atoms with Crippen molar-refractivity contribution in [2.24, 2.45) is 0 Å². The van der Waals surface area contributed by atoms with Crippen LogP contribution in [-0.2, 0) is 39.8 Å². The van der Waals surface area contributed by atoms with Crippen LogP contribution in [0.3, 0.4) is 0 Å². The normalized spacial score (nSPS) is 11.9. The Morgan fingerprint density at radius 2 is 1.32 bits per heavy atom. The van der Waals surface area contributed by atoms with Crippen LogP contribution < -0.4 is 4.74 Å². The molecule has 1 atom stereocenters. The number of ether oxygens (including phenoxy) is 5. The van der Waals surface area contributed by atoms with Gasteiger partial charge in [-0.2, -0.15) is 0 Å². The SMILES string of the molecule is CCOC(=O)C(OCCCCCc1ccc(Oc2ccccc2)cc1)C(O)(C(=O)OCC)C(=O)OCC. The van der Waals surface area contributed by atoms with Crippen molar-refractivity contribution in [3.63, 3.8) is 0 Å². The van der Waals surface area contributed by atoms with Gasteiger partial charge < -0.3 is 28.8 Å². The summed E-state index contributed by atoms with van der Waals surface area (Å²) in [5.41, 5.74) is -1.83. The molecule has 0 saturated heterocycles. The topological polar surface area (TPSA) is 118 Å². The Bertz CT molecular complexity index is 955. The van der Waals surface area contributed by atoms with Gasteiger partial charge in [0.05, 0.1) is 19.8 Å². The molecule has 9 heteroatoms. The number of para-hydroxylation sites is 1. The lowest BCUT2D eigenvalue weighted by Crippen LogP contribution is -2.61. The largest absolute Gasteiger partial charge is 0.464 e. The first-order valence-corrected chi connectivity index (χ1v) is 12.5. The Labute approximate surface area is 217 Å². The summed E-state index contributed by atoms with van der Waals surface area (Å²) in [7, 11) is 0. The highest BCUT2D eigenvalue weighted by molar-refractivity contribution is 6.08. The van der Waals surface area contributed by atoms with E-state index in [1.54, 1.807) is 6.92 Å². The van der Waals surface area contributed by atoms with E-state index in [0.29, 0.717) is 6.42 Å². The van der Waals surface area contributed by atoms with Crippen molar-refractivity contribution in [1.29, 1.82) is 0 Å². The molecule has 2 aromatic rings. The van der Waals surface area contributed by atoms with Crippen LogP contribution in [0.2, 0.25) is 0 Å². The molecule has 0 aliphatic heterocycles. The first kappa shape index (κ1) is 29.8. The first-order chi connectivity index (χ1) is 17.9. The van der Waals surface area contributed by atoms with E-state index in [1.165, 1.54) is 13.8 Å². The fourth-order valence-electron chi connectivity index (χ4n) is 3.51. The molecule has 2 rings (SSSR count). The van der Waals surface area contributed by atoms with Crippen LogP contribution in [0.5, 0.6) is 11.5 Å². The number of carbonyl (C=O) groups excluding carboxylic acids is 3. The molecule has 0 amide bonds. The first-order valence-electron chi connectivity index (χ1n) is 12.5. The molecule has 0 aliphatic carbocycles. The van der Waals surface area contributed by atoms with Crippen molar-refractivity contribution in [2.75, 3.05) is 26.4 Å². The van der Waals surface area contributed by atoms with Crippen molar-refractivity contribution in [3.05, 3.63) is 60.2 Å². The van der Waals surface area contributed by atoms with Gasteiger partial charge in [0, 0.05) is 6.61 Å². The summed E-state index contributed by atoms with van der Waals surface area (Å²) in [6.45, 7) is 4.32. The molecule has 0 radical (unpaired) electrons. The lowest BCUT2D eigenvalue weighted by atomic mass is 9.96. The fourth-order valence-corrected chi connectivity index (χ4v) is 3.51. The van der Waals surface area contributed by atoms with Crippen LogP contribution in [0, 0.1) is 0 Å². The third kappa shape index (κ3) is 8.87. The molecule has 0 heterocycles. The molecule has 0 saturated carbocycles. The predicted molar refractivity (Wildman–Crippen MR) is 135 cm³/mol. The van der Waals surface area contributed by atoms with Gasteiger partial charge >= 0.3 is 17.9 Å². The molecule has 0 aromatic heterocycles. The molecular formula is C28H36O9. The maximum absolute atomic E-state index is 12.5. The number of aryl methyl sites for hydroxylation is 1. The number of hydrogen-bond donors (Lipinski definition) is 1. The van der Waals surface area contributed by atoms with Crippen LogP contribution in [0.25, 0.3) is 0 Å². The molecule has 0 aliphatic rings. The van der Waals surface area contributed by atoms with Gasteiger partial charge in [0.25, 0.3) is 5.60 Å². The highest BCUT2D eigenvalue weighted by Gasteiger charge is 2.58. The molecule has 0 spiro atoms. The van der Waals surface area contributed by atoms with E-state index in [4.69, 9.17) is 23.7 Å². The molecule has 202 valence electrons. The van der Waals surface area contributed by atoms with Gasteiger partial charge in [-0.25, -0.2) is 14.4 Å². The van der Waals surface area contributed by atoms with Gasteiger partial charge in [-0.15, -0.1) is 0 Å². The summed E-state index contributed by atoms with van der Waals surface area (Å²) in [6.07, 6.45) is 1.01. The average Bonchev–Trinajstić information content (AvgIpc) is 2.89. The Hall–Kier alpha value is -3.43. The Kier molecular flexibility index (Phi) is 12.6. The van der Waals surface area contributed by atoms with Crippen molar-refractivity contribution in [1.82, 2.24) is 0 Å². The van der Waals surface area contributed by atoms with Crippen molar-refractivity contribution < 1.29 is 43.2 Å². The van der Waals surface area contributed by atoms with E-state index in [9.17, 15) is 19.5 Å². The zero-order valence-electron chi connectivity index (χ0n) is 21.6. The van der Waals surface area contributed by atoms with Crippen LogP contribution in [0.15, 0.2) is 54.6 Å². The Morgan fingerprint density at radius 1 is 0.757 bits per heavy atom. The third-order valence-corrected chi connectivity index (χ3v) is 5.35. The number of benzene rings is 2. The maximum Gasteiger partial charge on any atom is 0.353 e. The number of esters is 3. The number of carbonyl (C=O) groups is 3. The second-order valence-corrected chi connectivity index (χ2v) is 8.08. The second-order valence-electron chi connectivity index (χ2n) is 8.08. The standard InChI is InChI=1S/C28H36O9/c1-4-33-25(29)24(28(32,26(30)34-5-2)27(31)35-6-3)36-20-12-8-9-13-21-16-18-23(19-17-21)37-22-14-10-7-11-15-22/h7,10-11,14-19,24,32H,4-6,8-9,12-13,20H2,1-3H3. The van der Waals surface area contributed by atoms with E-state index < -0.39 is 29.6 Å². The molecule has 37 heavy (non-hydrogen) atoms. The summed E-state index contributed by atoms with van der Waals surface area (Å²) in [5.74, 6) is -2.18. The highest BCUT2D eigenvalue weighted by Crippen LogP contribution is 2.23. The molecule has 0 fully saturated rings. The van der Waals surface area contributed by atoms with E-state index in [0.717, 1.165) is 36.3 Å². The van der Waals surface area contributed by atoms with E-state index >= 15 is 0 Å². The smallest absolute Gasteiger partial charge is 0.353 e. The average molecular weight is 517 g/mol. The maximum atomic E-state index is 12.5. The zero-order valence-corrected chi connectivity index (χ0v) is 21.6. The molecule has 1 unspecified atom stereocenters. The molecule has 2 aromatic carbocycles. The van der Waals surface area contributed by atoms with Crippen LogP contribution in [0.1, 0.15) is 45.6 Å². The van der Waals surface area contributed by atoms with Gasteiger partial charge in [-0.05, 0) is 69.9 Å². The van der Waals surface area contributed by atoms with E-state index in [-0.39, 0.29) is 26.4 Å². The Balaban J connectivity index is 1.89. The predicted octanol–water partition coefficient (Wildman–Crippen LogP) is 4.00. The van der Waals surface area contributed by atoms with Crippen molar-refractivity contribution >= 4 is 17.9 Å². The summed E-state index contributed by atoms with van der Waals surface area (Å²) in [6, 6.07) is 17.4. The molecule has 1 N–H and O–H groups in total. The van der Waals surface area contributed by atoms with Crippen molar-refractivity contribution in [3.8, 4) is 11.5 Å². The molecule has 9 nitrogen and oxygen atoms in total. The third-order valence-electron chi connectivity index (χ3n) is 5.35. The van der Waals surface area contributed by atoms with Crippen LogP contribution >= 0.6 is 0 Å². The Morgan fingerprint density at radius 3 is 1.89 bits per heavy atom. The summed E-state index contributed by atoms with van der Waals surface area (Å²) < 4.78 is 25.9. The molecular weight excluding hydrogens is 480 g/mol. The van der Waals surface area contributed by atoms with Crippen LogP contribution in [0.4, 0.5) is 0 Å². The summed E-state index contributed by atoms with van der Waals surface area (Å²) >= 11 is 0. The molecule has 0 bridgehead atoms. The zero-order chi connectivity index (χ0) is 27.1. The minimum atomic E-state index is -2.97. The second kappa shape index (κ2) is 15.6. The summed E-state index contributed by atoms with van der Waals surface area (Å²) in [4.78, 5) is 37.5. The number of unbranched alkanes of at least 4 members (excludes halogenated alkanes) is 2. The minimum absolute atomic E-state index is 0.00839. The van der Waals surface area contributed by atoms with Crippen molar-refractivity contribution in [2.45, 2.75) is 58.2 Å². The van der Waals surface area contributed by atoms with Gasteiger partial charge in [-0.1, -0.05) is 36.8 Å². The lowest BCUT2D eigenvalue weighted by molar-refractivity contribution is -0.208. The van der Waals surface area contributed by atoms with E-state index in [2.05, 4.69) is 0 Å².